The summed E-state index contributed by atoms with van der Waals surface area (Å²) in [5.41, 5.74) is 0.984. The lowest BCUT2D eigenvalue weighted by molar-refractivity contribution is -0.122. The maximum Gasteiger partial charge on any atom is 0.220 e. The molecule has 2 fully saturated rings. The molecule has 2 atom stereocenters. The second-order valence-corrected chi connectivity index (χ2v) is 7.42. The largest absolute Gasteiger partial charge is 0.391 e. The molecule has 1 aliphatic carbocycles. The highest BCUT2D eigenvalue weighted by atomic mass is 19.1. The summed E-state index contributed by atoms with van der Waals surface area (Å²) in [5, 5.41) is 13.3. The lowest BCUT2D eigenvalue weighted by Gasteiger charge is -2.41. The molecule has 138 valence electrons. The Labute approximate surface area is 149 Å². The van der Waals surface area contributed by atoms with E-state index in [1.165, 1.54) is 18.6 Å². The van der Waals surface area contributed by atoms with E-state index in [0.717, 1.165) is 50.8 Å². The zero-order chi connectivity index (χ0) is 17.6. The number of carbonyl (C=O) groups excluding carboxylic acids is 1. The number of nitrogens with one attached hydrogen (secondary N) is 1. The third-order valence-electron chi connectivity index (χ3n) is 5.61. The van der Waals surface area contributed by atoms with E-state index in [2.05, 4.69) is 10.2 Å². The topological polar surface area (TPSA) is 52.6 Å². The molecule has 1 aliphatic heterocycles. The molecular weight excluding hydrogens is 319 g/mol. The first-order chi connectivity index (χ1) is 12.1. The van der Waals surface area contributed by atoms with Crippen molar-refractivity contribution in [3.8, 4) is 0 Å². The Bertz CT molecular complexity index is 555. The smallest absolute Gasteiger partial charge is 0.220 e. The lowest BCUT2D eigenvalue weighted by atomic mass is 9.89. The van der Waals surface area contributed by atoms with Gasteiger partial charge in [-0.1, -0.05) is 25.0 Å². The molecule has 1 saturated carbocycles. The number of likely N-dealkylation sites (tertiary alicyclic amines) is 1. The van der Waals surface area contributed by atoms with E-state index < -0.39 is 0 Å². The number of benzene rings is 1. The van der Waals surface area contributed by atoms with E-state index in [4.69, 9.17) is 0 Å². The second kappa shape index (κ2) is 8.77. The zero-order valence-electron chi connectivity index (χ0n) is 14.8. The van der Waals surface area contributed by atoms with E-state index in [9.17, 15) is 14.3 Å². The van der Waals surface area contributed by atoms with Crippen molar-refractivity contribution in [3.63, 3.8) is 0 Å². The first-order valence-electron chi connectivity index (χ1n) is 9.58. The molecule has 0 aromatic heterocycles. The number of halogens is 1. The molecule has 25 heavy (non-hydrogen) atoms. The molecule has 2 unspecified atom stereocenters. The first-order valence-corrected chi connectivity index (χ1v) is 9.58. The molecule has 3 rings (SSSR count). The lowest BCUT2D eigenvalue weighted by Crippen LogP contribution is -2.52. The molecule has 1 aromatic rings. The van der Waals surface area contributed by atoms with Crippen LogP contribution in [-0.4, -0.2) is 47.2 Å². The van der Waals surface area contributed by atoms with Gasteiger partial charge in [-0.3, -0.25) is 9.69 Å². The van der Waals surface area contributed by atoms with Gasteiger partial charge in [-0.25, -0.2) is 4.39 Å². The van der Waals surface area contributed by atoms with Gasteiger partial charge in [-0.05, 0) is 49.8 Å². The Morgan fingerprint density at radius 3 is 2.48 bits per heavy atom. The maximum atomic E-state index is 12.9. The fourth-order valence-corrected chi connectivity index (χ4v) is 4.10. The van der Waals surface area contributed by atoms with Gasteiger partial charge in [0.15, 0.2) is 0 Å². The number of aliphatic hydroxyl groups is 1. The van der Waals surface area contributed by atoms with Gasteiger partial charge in [-0.2, -0.15) is 0 Å². The molecule has 0 spiro atoms. The molecule has 1 heterocycles. The van der Waals surface area contributed by atoms with Crippen molar-refractivity contribution in [1.29, 1.82) is 0 Å². The molecule has 2 aliphatic rings. The Balaban J connectivity index is 1.38. The summed E-state index contributed by atoms with van der Waals surface area (Å²) in [6.07, 6.45) is 7.15. The van der Waals surface area contributed by atoms with E-state index in [1.54, 1.807) is 12.1 Å². The van der Waals surface area contributed by atoms with E-state index >= 15 is 0 Å². The van der Waals surface area contributed by atoms with Crippen LogP contribution in [0.5, 0.6) is 0 Å². The van der Waals surface area contributed by atoms with Crippen molar-refractivity contribution in [1.82, 2.24) is 10.2 Å². The number of carbonyl (C=O) groups is 1. The van der Waals surface area contributed by atoms with Crippen LogP contribution in [0.2, 0.25) is 0 Å². The number of aryl methyl sites for hydroxylation is 1. The zero-order valence-corrected chi connectivity index (χ0v) is 14.8. The number of rotatable bonds is 5. The summed E-state index contributed by atoms with van der Waals surface area (Å²) in [6.45, 7) is 1.90. The SMILES string of the molecule is O=C(CCc1ccc(F)cc1)NC1CCN(C2CCCCC2O)CC1. The van der Waals surface area contributed by atoms with E-state index in [1.807, 2.05) is 0 Å². The maximum absolute atomic E-state index is 12.9. The van der Waals surface area contributed by atoms with Crippen molar-refractivity contribution < 1.29 is 14.3 Å². The quantitative estimate of drug-likeness (QED) is 0.860. The molecule has 0 bridgehead atoms. The summed E-state index contributed by atoms with van der Waals surface area (Å²) in [7, 11) is 0. The Morgan fingerprint density at radius 2 is 1.80 bits per heavy atom. The van der Waals surface area contributed by atoms with Crippen LogP contribution in [0.25, 0.3) is 0 Å². The van der Waals surface area contributed by atoms with Crippen LogP contribution in [0.15, 0.2) is 24.3 Å². The van der Waals surface area contributed by atoms with E-state index in [0.29, 0.717) is 18.9 Å². The van der Waals surface area contributed by atoms with Gasteiger partial charge in [0, 0.05) is 31.6 Å². The van der Waals surface area contributed by atoms with Gasteiger partial charge in [0.25, 0.3) is 0 Å². The Hall–Kier alpha value is -1.46. The van der Waals surface area contributed by atoms with Crippen molar-refractivity contribution in [2.24, 2.45) is 0 Å². The highest BCUT2D eigenvalue weighted by Crippen LogP contribution is 2.25. The molecule has 1 amide bonds. The predicted molar refractivity (Wildman–Crippen MR) is 95.7 cm³/mol. The van der Waals surface area contributed by atoms with Crippen molar-refractivity contribution >= 4 is 5.91 Å². The molecule has 4 nitrogen and oxygen atoms in total. The third-order valence-corrected chi connectivity index (χ3v) is 5.61. The van der Waals surface area contributed by atoms with E-state index in [-0.39, 0.29) is 23.9 Å². The number of aliphatic hydroxyl groups excluding tert-OH is 1. The second-order valence-electron chi connectivity index (χ2n) is 7.42. The van der Waals surface area contributed by atoms with Crippen LogP contribution in [0.3, 0.4) is 0 Å². The third kappa shape index (κ3) is 5.25. The standard InChI is InChI=1S/C20H29FN2O2/c21-16-8-5-15(6-9-16)7-10-20(25)22-17-11-13-23(14-12-17)18-3-1-2-4-19(18)24/h5-6,8-9,17-19,24H,1-4,7,10-14H2,(H,22,25). The molecule has 5 heteroatoms. The van der Waals surface area contributed by atoms with Crippen molar-refractivity contribution in [2.45, 2.75) is 69.6 Å². The fourth-order valence-electron chi connectivity index (χ4n) is 4.10. The van der Waals surface area contributed by atoms with Gasteiger partial charge in [-0.15, -0.1) is 0 Å². The van der Waals surface area contributed by atoms with Gasteiger partial charge in [0.2, 0.25) is 5.91 Å². The molecule has 1 aromatic carbocycles. The average Bonchev–Trinajstić information content (AvgIpc) is 2.62. The van der Waals surface area contributed by atoms with Crippen LogP contribution in [0.1, 0.15) is 50.5 Å². The molecular formula is C20H29FN2O2. The molecule has 2 N–H and O–H groups in total. The minimum Gasteiger partial charge on any atom is -0.391 e. The van der Waals surface area contributed by atoms with Gasteiger partial charge >= 0.3 is 0 Å². The van der Waals surface area contributed by atoms with Gasteiger partial charge < -0.3 is 10.4 Å². The fraction of sp³-hybridized carbons (Fsp3) is 0.650. The summed E-state index contributed by atoms with van der Waals surface area (Å²) >= 11 is 0. The number of amides is 1. The minimum absolute atomic E-state index is 0.0699. The van der Waals surface area contributed by atoms with Crippen molar-refractivity contribution in [3.05, 3.63) is 35.6 Å². The van der Waals surface area contributed by atoms with Crippen LogP contribution in [-0.2, 0) is 11.2 Å². The molecule has 1 saturated heterocycles. The number of hydrogen-bond donors (Lipinski definition) is 2. The summed E-state index contributed by atoms with van der Waals surface area (Å²) in [4.78, 5) is 14.6. The summed E-state index contributed by atoms with van der Waals surface area (Å²) in [6, 6.07) is 6.87. The first kappa shape index (κ1) is 18.3. The average molecular weight is 348 g/mol. The minimum atomic E-state index is -0.247. The Kier molecular flexibility index (Phi) is 6.43. The van der Waals surface area contributed by atoms with Gasteiger partial charge in [0.05, 0.1) is 6.10 Å². The van der Waals surface area contributed by atoms with Crippen LogP contribution < -0.4 is 5.32 Å². The predicted octanol–water partition coefficient (Wildman–Crippen LogP) is 2.64. The summed E-state index contributed by atoms with van der Waals surface area (Å²) < 4.78 is 12.9. The number of piperidine rings is 1. The highest BCUT2D eigenvalue weighted by molar-refractivity contribution is 5.76. The number of nitrogens with zero attached hydrogens (tertiary/aromatic N) is 1. The molecule has 0 radical (unpaired) electrons. The van der Waals surface area contributed by atoms with Crippen LogP contribution >= 0.6 is 0 Å². The van der Waals surface area contributed by atoms with Gasteiger partial charge in [0.1, 0.15) is 5.82 Å². The summed E-state index contributed by atoms with van der Waals surface area (Å²) in [5.74, 6) is -0.177. The van der Waals surface area contributed by atoms with Crippen LogP contribution in [0.4, 0.5) is 4.39 Å². The Morgan fingerprint density at radius 1 is 1.12 bits per heavy atom. The van der Waals surface area contributed by atoms with Crippen molar-refractivity contribution in [2.75, 3.05) is 13.1 Å². The number of hydrogen-bond acceptors (Lipinski definition) is 3. The highest BCUT2D eigenvalue weighted by Gasteiger charge is 2.31. The normalized spacial score (nSPS) is 25.7. The van der Waals surface area contributed by atoms with Crippen LogP contribution in [0, 0.1) is 5.82 Å². The monoisotopic (exact) mass is 348 g/mol.